The molecule has 52 heavy (non-hydrogen) atoms. The minimum atomic E-state index is 1.15. The molecule has 11 rings (SSSR count). The predicted octanol–water partition coefficient (Wildman–Crippen LogP) is 12.9. The van der Waals surface area contributed by atoms with Crippen LogP contribution in [0, 0.1) is 0 Å². The van der Waals surface area contributed by atoms with Crippen LogP contribution >= 0.6 is 0 Å². The maximum atomic E-state index is 2.47. The number of benzene rings is 8. The largest absolute Gasteiger partial charge is 0.344 e. The minimum absolute atomic E-state index is 1.15. The molecule has 8 aromatic carbocycles. The van der Waals surface area contributed by atoms with E-state index in [0.29, 0.717) is 0 Å². The molecule has 0 aliphatic heterocycles. The monoisotopic (exact) mass is 663 g/mol. The van der Waals surface area contributed by atoms with Gasteiger partial charge in [0.15, 0.2) is 0 Å². The Bertz CT molecular complexity index is 3180. The zero-order valence-corrected chi connectivity index (χ0v) is 28.7. The van der Waals surface area contributed by atoms with Crippen LogP contribution in [0.25, 0.3) is 99.0 Å². The molecule has 0 N–H and O–H groups in total. The number of fused-ring (bicyclic) bond motifs is 9. The maximum Gasteiger partial charge on any atom is 0.0619 e. The molecule has 0 saturated carbocycles. The Morgan fingerprint density at radius 2 is 0.827 bits per heavy atom. The normalized spacial score (nSPS) is 11.9. The highest BCUT2D eigenvalue weighted by Gasteiger charge is 2.19. The first-order valence-corrected chi connectivity index (χ1v) is 17.9. The van der Waals surface area contributed by atoms with Crippen molar-refractivity contribution < 1.29 is 0 Å². The van der Waals surface area contributed by atoms with Gasteiger partial charge in [0.25, 0.3) is 0 Å². The van der Waals surface area contributed by atoms with Crippen LogP contribution in [0.3, 0.4) is 0 Å². The Kier molecular flexibility index (Phi) is 6.17. The smallest absolute Gasteiger partial charge is 0.0619 e. The van der Waals surface area contributed by atoms with Gasteiger partial charge in [-0.1, -0.05) is 121 Å². The van der Waals surface area contributed by atoms with Crippen LogP contribution in [0.5, 0.6) is 0 Å². The SMILES string of the molecule is Cn1c2ccccc2c2ccc(-c3ccc4c5cccc(-c6ccc7c(c6)c6ccccc6n7-c6ccccc6)c5n(-c5ccccc5)c4c3)cc21. The highest BCUT2D eigenvalue weighted by atomic mass is 15.0. The number of nitrogens with zero attached hydrogens (tertiary/aromatic N) is 3. The van der Waals surface area contributed by atoms with E-state index >= 15 is 0 Å². The fourth-order valence-corrected chi connectivity index (χ4v) is 8.66. The molecule has 0 unspecified atom stereocenters. The zero-order chi connectivity index (χ0) is 34.3. The molecule has 0 fully saturated rings. The number of rotatable bonds is 4. The molecule has 0 radical (unpaired) electrons. The quantitative estimate of drug-likeness (QED) is 0.178. The number of aryl methyl sites for hydroxylation is 1. The van der Waals surface area contributed by atoms with Crippen molar-refractivity contribution in [3.05, 3.63) is 182 Å². The molecule has 0 saturated heterocycles. The lowest BCUT2D eigenvalue weighted by Gasteiger charge is -2.13. The number of hydrogen-bond donors (Lipinski definition) is 0. The van der Waals surface area contributed by atoms with Crippen LogP contribution in [0.15, 0.2) is 182 Å². The van der Waals surface area contributed by atoms with Crippen molar-refractivity contribution in [3.63, 3.8) is 0 Å². The Labute approximate surface area is 300 Å². The topological polar surface area (TPSA) is 14.8 Å². The van der Waals surface area contributed by atoms with Gasteiger partial charge in [0, 0.05) is 67.3 Å². The second-order valence-corrected chi connectivity index (χ2v) is 13.8. The zero-order valence-electron chi connectivity index (χ0n) is 28.7. The van der Waals surface area contributed by atoms with Crippen LogP contribution in [0.1, 0.15) is 0 Å². The first kappa shape index (κ1) is 28.9. The summed E-state index contributed by atoms with van der Waals surface area (Å²) in [5.41, 5.74) is 14.5. The van der Waals surface area contributed by atoms with E-state index in [2.05, 4.69) is 203 Å². The summed E-state index contributed by atoms with van der Waals surface area (Å²) in [6, 6.07) is 66.6. The highest BCUT2D eigenvalue weighted by Crippen LogP contribution is 2.42. The molecule has 11 aromatic rings. The van der Waals surface area contributed by atoms with E-state index in [9.17, 15) is 0 Å². The second-order valence-electron chi connectivity index (χ2n) is 13.8. The molecule has 3 nitrogen and oxygen atoms in total. The summed E-state index contributed by atoms with van der Waals surface area (Å²) < 4.78 is 7.16. The molecular formula is C49H33N3. The second kappa shape index (κ2) is 11.1. The molecular weight excluding hydrogens is 631 g/mol. The highest BCUT2D eigenvalue weighted by molar-refractivity contribution is 6.16. The summed E-state index contributed by atoms with van der Waals surface area (Å²) in [6.07, 6.45) is 0. The van der Waals surface area contributed by atoms with E-state index in [1.807, 2.05) is 0 Å². The number of aromatic nitrogens is 3. The van der Waals surface area contributed by atoms with Gasteiger partial charge in [-0.2, -0.15) is 0 Å². The molecule has 0 bridgehead atoms. The lowest BCUT2D eigenvalue weighted by Crippen LogP contribution is -1.96. The standard InChI is InChI=1S/C49H33N3/c1-50-44-21-10-8-17-38(44)40-26-23-32(30-47(40)50)33-24-27-41-42-20-12-19-37(49(42)52(48(41)31-33)36-15-6-3-7-16-36)34-25-28-46-43(29-34)39-18-9-11-22-45(39)51(46)35-13-4-2-5-14-35/h2-31H,1H3. The minimum Gasteiger partial charge on any atom is -0.344 e. The van der Waals surface area contributed by atoms with Crippen LogP contribution in [0.2, 0.25) is 0 Å². The summed E-state index contributed by atoms with van der Waals surface area (Å²) in [5, 5.41) is 7.58. The molecule has 0 aliphatic carbocycles. The lowest BCUT2D eigenvalue weighted by atomic mass is 9.99. The Morgan fingerprint density at radius 1 is 0.308 bits per heavy atom. The summed E-state index contributed by atoms with van der Waals surface area (Å²) in [4.78, 5) is 0. The third kappa shape index (κ3) is 4.14. The summed E-state index contributed by atoms with van der Waals surface area (Å²) in [5.74, 6) is 0. The van der Waals surface area contributed by atoms with Gasteiger partial charge in [0.05, 0.1) is 22.1 Å². The first-order chi connectivity index (χ1) is 25.7. The van der Waals surface area contributed by atoms with Gasteiger partial charge in [-0.25, -0.2) is 0 Å². The van der Waals surface area contributed by atoms with Gasteiger partial charge < -0.3 is 13.7 Å². The predicted molar refractivity (Wildman–Crippen MR) is 220 cm³/mol. The maximum absolute atomic E-state index is 2.47. The summed E-state index contributed by atoms with van der Waals surface area (Å²) in [6.45, 7) is 0. The van der Waals surface area contributed by atoms with Crippen molar-refractivity contribution in [2.75, 3.05) is 0 Å². The summed E-state index contributed by atoms with van der Waals surface area (Å²) >= 11 is 0. The van der Waals surface area contributed by atoms with Gasteiger partial charge in [-0.15, -0.1) is 0 Å². The molecule has 3 heteroatoms. The lowest BCUT2D eigenvalue weighted by molar-refractivity contribution is 1.01. The number of hydrogen-bond acceptors (Lipinski definition) is 0. The van der Waals surface area contributed by atoms with E-state index in [4.69, 9.17) is 0 Å². The van der Waals surface area contributed by atoms with Crippen LogP contribution < -0.4 is 0 Å². The molecule has 0 aliphatic rings. The van der Waals surface area contributed by atoms with Crippen LogP contribution in [0.4, 0.5) is 0 Å². The van der Waals surface area contributed by atoms with Crippen molar-refractivity contribution in [1.82, 2.24) is 13.7 Å². The van der Waals surface area contributed by atoms with E-state index < -0.39 is 0 Å². The van der Waals surface area contributed by atoms with Gasteiger partial charge >= 0.3 is 0 Å². The van der Waals surface area contributed by atoms with Crippen molar-refractivity contribution in [1.29, 1.82) is 0 Å². The van der Waals surface area contributed by atoms with E-state index in [0.717, 1.165) is 5.69 Å². The first-order valence-electron chi connectivity index (χ1n) is 17.9. The van der Waals surface area contributed by atoms with Crippen molar-refractivity contribution in [2.45, 2.75) is 0 Å². The van der Waals surface area contributed by atoms with Crippen LogP contribution in [-0.2, 0) is 7.05 Å². The molecule has 0 atom stereocenters. The molecule has 3 aromatic heterocycles. The average molecular weight is 664 g/mol. The van der Waals surface area contributed by atoms with Gasteiger partial charge in [0.1, 0.15) is 0 Å². The van der Waals surface area contributed by atoms with Crippen LogP contribution in [-0.4, -0.2) is 13.7 Å². The van der Waals surface area contributed by atoms with E-state index in [1.165, 1.54) is 93.4 Å². The van der Waals surface area contributed by atoms with Crippen molar-refractivity contribution in [2.24, 2.45) is 7.05 Å². The van der Waals surface area contributed by atoms with Crippen molar-refractivity contribution >= 4 is 65.4 Å². The fraction of sp³-hybridized carbons (Fsp3) is 0.0204. The average Bonchev–Trinajstić information content (AvgIpc) is 3.83. The Morgan fingerprint density at radius 3 is 1.56 bits per heavy atom. The van der Waals surface area contributed by atoms with Gasteiger partial charge in [-0.05, 0) is 77.4 Å². The third-order valence-electron chi connectivity index (χ3n) is 11.0. The Balaban J connectivity index is 1.16. The van der Waals surface area contributed by atoms with Gasteiger partial charge in [-0.3, -0.25) is 0 Å². The van der Waals surface area contributed by atoms with E-state index in [1.54, 1.807) is 0 Å². The molecule has 3 heterocycles. The molecule has 0 amide bonds. The van der Waals surface area contributed by atoms with E-state index in [-0.39, 0.29) is 0 Å². The Hall–Kier alpha value is -6.84. The molecule has 244 valence electrons. The third-order valence-corrected chi connectivity index (χ3v) is 11.0. The number of para-hydroxylation sites is 5. The molecule has 0 spiro atoms. The summed E-state index contributed by atoms with van der Waals surface area (Å²) in [7, 11) is 2.17. The fourth-order valence-electron chi connectivity index (χ4n) is 8.66. The van der Waals surface area contributed by atoms with Gasteiger partial charge in [0.2, 0.25) is 0 Å². The van der Waals surface area contributed by atoms with Crippen molar-refractivity contribution in [3.8, 4) is 33.6 Å².